The maximum absolute atomic E-state index is 11.8. The molecule has 0 bridgehead atoms. The van der Waals surface area contributed by atoms with Gasteiger partial charge in [-0.3, -0.25) is 9.79 Å². The van der Waals surface area contributed by atoms with Crippen molar-refractivity contribution in [2.75, 3.05) is 13.2 Å². The van der Waals surface area contributed by atoms with Crippen LogP contribution in [0.15, 0.2) is 52.3 Å². The summed E-state index contributed by atoms with van der Waals surface area (Å²) in [6.07, 6.45) is 39.3. The van der Waals surface area contributed by atoms with E-state index >= 15 is 0 Å². The van der Waals surface area contributed by atoms with Gasteiger partial charge in [0.2, 0.25) is 5.43 Å². The van der Waals surface area contributed by atoms with Crippen molar-refractivity contribution in [1.29, 1.82) is 0 Å². The molecule has 0 saturated heterocycles. The minimum Gasteiger partial charge on any atom is -0.504 e. The van der Waals surface area contributed by atoms with Gasteiger partial charge in [0.15, 0.2) is 5.75 Å². The van der Waals surface area contributed by atoms with E-state index in [0.29, 0.717) is 18.9 Å². The van der Waals surface area contributed by atoms with Crippen molar-refractivity contribution in [3.8, 4) is 17.2 Å². The summed E-state index contributed by atoms with van der Waals surface area (Å²) < 4.78 is 12.4. The van der Waals surface area contributed by atoms with Crippen LogP contribution in [0.2, 0.25) is 0 Å². The molecule has 0 heterocycles. The summed E-state index contributed by atoms with van der Waals surface area (Å²) in [5.74, 6) is 1.30. The number of aromatic hydroxyl groups is 1. The van der Waals surface area contributed by atoms with Gasteiger partial charge in [-0.15, -0.1) is 0 Å². The molecule has 0 amide bonds. The third kappa shape index (κ3) is 24.1. The Balaban J connectivity index is 1.70. The van der Waals surface area contributed by atoms with E-state index in [9.17, 15) is 9.90 Å². The lowest BCUT2D eigenvalue weighted by Gasteiger charge is -2.12. The highest BCUT2D eigenvalue weighted by atomic mass is 16.5. The maximum Gasteiger partial charge on any atom is 0.220 e. The van der Waals surface area contributed by atoms with Gasteiger partial charge in [0.1, 0.15) is 11.5 Å². The Kier molecular flexibility index (Phi) is 27.7. The van der Waals surface area contributed by atoms with Crippen LogP contribution in [0.1, 0.15) is 199 Å². The van der Waals surface area contributed by atoms with Crippen molar-refractivity contribution in [3.63, 3.8) is 0 Å². The number of unbranched alkanes of at least 4 members (excludes halogenated alkanes) is 26. The fraction of sp³-hybridized carbons (Fsp3) is 0.696. The van der Waals surface area contributed by atoms with Crippen LogP contribution < -0.4 is 14.9 Å². The lowest BCUT2D eigenvalue weighted by molar-refractivity contribution is 0.289. The molecule has 2 rings (SSSR count). The predicted molar refractivity (Wildman–Crippen MR) is 220 cm³/mol. The van der Waals surface area contributed by atoms with E-state index in [1.54, 1.807) is 18.3 Å². The quantitative estimate of drug-likeness (QED) is 0.0581. The van der Waals surface area contributed by atoms with Crippen LogP contribution in [0, 0.1) is 0 Å². The fourth-order valence-corrected chi connectivity index (χ4v) is 6.58. The Labute approximate surface area is 313 Å². The molecule has 0 aromatic heterocycles. The summed E-state index contributed by atoms with van der Waals surface area (Å²) in [6.45, 7) is 5.94. The molecule has 0 spiro atoms. The zero-order valence-corrected chi connectivity index (χ0v) is 33.0. The van der Waals surface area contributed by atoms with Crippen LogP contribution in [0.3, 0.4) is 0 Å². The third-order valence-corrected chi connectivity index (χ3v) is 9.93. The minimum absolute atomic E-state index is 0.283. The van der Waals surface area contributed by atoms with Gasteiger partial charge in [-0.2, -0.15) is 0 Å². The first-order valence-electron chi connectivity index (χ1n) is 21.4. The summed E-state index contributed by atoms with van der Waals surface area (Å²) in [6, 6.07) is 11.9. The highest BCUT2D eigenvalue weighted by Gasteiger charge is 2.06. The number of nitrogens with zero attached hydrogens (tertiary/aromatic N) is 1. The summed E-state index contributed by atoms with van der Waals surface area (Å²) in [7, 11) is 0. The van der Waals surface area contributed by atoms with Gasteiger partial charge in [-0.1, -0.05) is 181 Å². The van der Waals surface area contributed by atoms with Gasteiger partial charge in [-0.05, 0) is 49.2 Å². The van der Waals surface area contributed by atoms with Crippen LogP contribution >= 0.6 is 0 Å². The predicted octanol–water partition coefficient (Wildman–Crippen LogP) is 14.2. The molecule has 0 fully saturated rings. The Morgan fingerprint density at radius 2 is 0.922 bits per heavy atom. The number of hydrogen-bond donors (Lipinski definition) is 1. The Bertz CT molecular complexity index is 1200. The lowest BCUT2D eigenvalue weighted by atomic mass is 10.0. The minimum atomic E-state index is -0.422. The normalized spacial score (nSPS) is 11.4. The van der Waals surface area contributed by atoms with Crippen LogP contribution in [-0.4, -0.2) is 24.5 Å². The first-order chi connectivity index (χ1) is 25.1. The van der Waals surface area contributed by atoms with Crippen molar-refractivity contribution in [3.05, 3.63) is 58.3 Å². The van der Waals surface area contributed by atoms with E-state index in [1.165, 1.54) is 179 Å². The van der Waals surface area contributed by atoms with Crippen LogP contribution in [0.25, 0.3) is 0 Å². The van der Waals surface area contributed by atoms with Crippen molar-refractivity contribution >= 4 is 11.9 Å². The SMILES string of the molecule is CCCCCCCCCCCCCCCCOc1ccc(C=Nc2ccc(O)c(=O)cc2)c(OCCCCCCCCCCCCCCCC)c1. The second kappa shape index (κ2) is 31.9. The van der Waals surface area contributed by atoms with Crippen molar-refractivity contribution in [2.24, 2.45) is 4.99 Å². The Hall–Kier alpha value is -2.82. The molecule has 2 aromatic carbocycles. The molecule has 288 valence electrons. The van der Waals surface area contributed by atoms with Gasteiger partial charge >= 0.3 is 0 Å². The van der Waals surface area contributed by atoms with Gasteiger partial charge in [-0.25, -0.2) is 0 Å². The standard InChI is InChI=1S/C46H75NO4/c1-3-5-7-9-11-13-15-17-19-21-23-25-27-29-37-50-43-34-31-41(40-47-42-32-35-44(48)45(49)36-33-42)46(39-43)51-38-30-28-26-24-22-20-18-16-14-12-10-8-6-4-2/h31-36,39-40H,3-30,37-38H2,1-2H3,(H,48,49). The van der Waals surface area contributed by atoms with Gasteiger partial charge < -0.3 is 14.6 Å². The first-order valence-corrected chi connectivity index (χ1v) is 21.4. The first kappa shape index (κ1) is 44.3. The van der Waals surface area contributed by atoms with E-state index in [-0.39, 0.29) is 5.75 Å². The molecule has 0 saturated carbocycles. The number of rotatable bonds is 34. The summed E-state index contributed by atoms with van der Waals surface area (Å²) in [4.78, 5) is 16.3. The number of benzene rings is 1. The molecule has 5 nitrogen and oxygen atoms in total. The molecule has 0 unspecified atom stereocenters. The average Bonchev–Trinajstić information content (AvgIpc) is 3.30. The molecule has 5 heteroatoms. The monoisotopic (exact) mass is 706 g/mol. The van der Waals surface area contributed by atoms with Crippen molar-refractivity contribution < 1.29 is 14.6 Å². The highest BCUT2D eigenvalue weighted by Crippen LogP contribution is 2.26. The maximum atomic E-state index is 11.8. The molecule has 0 aliphatic heterocycles. The molecule has 0 atom stereocenters. The Morgan fingerprint density at radius 1 is 0.510 bits per heavy atom. The second-order valence-corrected chi connectivity index (χ2v) is 14.7. The molecular formula is C46H75NO4. The van der Waals surface area contributed by atoms with Crippen LogP contribution in [-0.2, 0) is 0 Å². The summed E-state index contributed by atoms with van der Waals surface area (Å²) >= 11 is 0. The average molecular weight is 706 g/mol. The summed E-state index contributed by atoms with van der Waals surface area (Å²) in [5.41, 5.74) is 1.03. The summed E-state index contributed by atoms with van der Waals surface area (Å²) in [5, 5.41) is 9.73. The van der Waals surface area contributed by atoms with E-state index < -0.39 is 5.43 Å². The molecule has 0 aliphatic rings. The lowest BCUT2D eigenvalue weighted by Crippen LogP contribution is -2.02. The van der Waals surface area contributed by atoms with Gasteiger partial charge in [0.05, 0.1) is 18.9 Å². The van der Waals surface area contributed by atoms with Crippen LogP contribution in [0.5, 0.6) is 17.2 Å². The van der Waals surface area contributed by atoms with E-state index in [1.807, 2.05) is 18.2 Å². The third-order valence-electron chi connectivity index (χ3n) is 9.93. The fourth-order valence-electron chi connectivity index (χ4n) is 6.58. The molecule has 1 N–H and O–H groups in total. The van der Waals surface area contributed by atoms with Crippen molar-refractivity contribution in [1.82, 2.24) is 0 Å². The highest BCUT2D eigenvalue weighted by molar-refractivity contribution is 5.85. The smallest absolute Gasteiger partial charge is 0.220 e. The zero-order chi connectivity index (χ0) is 36.5. The molecule has 0 radical (unpaired) electrons. The Morgan fingerprint density at radius 3 is 1.39 bits per heavy atom. The van der Waals surface area contributed by atoms with E-state index in [2.05, 4.69) is 18.8 Å². The zero-order valence-electron chi connectivity index (χ0n) is 33.0. The molecular weight excluding hydrogens is 631 g/mol. The van der Waals surface area contributed by atoms with Crippen LogP contribution in [0.4, 0.5) is 5.69 Å². The topological polar surface area (TPSA) is 68.1 Å². The largest absolute Gasteiger partial charge is 0.504 e. The molecule has 51 heavy (non-hydrogen) atoms. The number of aliphatic imine (C=N–C) groups is 1. The molecule has 0 aliphatic carbocycles. The van der Waals surface area contributed by atoms with Gasteiger partial charge in [0.25, 0.3) is 0 Å². The molecule has 2 aromatic rings. The van der Waals surface area contributed by atoms with E-state index in [0.717, 1.165) is 29.9 Å². The second-order valence-electron chi connectivity index (χ2n) is 14.7. The van der Waals surface area contributed by atoms with Gasteiger partial charge in [0, 0.05) is 17.8 Å². The van der Waals surface area contributed by atoms with E-state index in [4.69, 9.17) is 9.47 Å². The number of hydrogen-bond acceptors (Lipinski definition) is 5. The number of ether oxygens (including phenoxy) is 2. The van der Waals surface area contributed by atoms with Crippen molar-refractivity contribution in [2.45, 2.75) is 194 Å².